The number of piperidine rings is 1. The summed E-state index contributed by atoms with van der Waals surface area (Å²) in [4.78, 5) is 53.9. The first-order valence-electron chi connectivity index (χ1n) is 8.42. The number of carbonyl (C=O) groups is 4. The average molecular weight is 343 g/mol. The third kappa shape index (κ3) is 4.31. The van der Waals surface area contributed by atoms with Gasteiger partial charge < -0.3 is 10.2 Å². The van der Waals surface area contributed by atoms with E-state index in [1.165, 1.54) is 6.92 Å². The van der Waals surface area contributed by atoms with Gasteiger partial charge in [0.2, 0.25) is 5.91 Å². The van der Waals surface area contributed by atoms with Crippen LogP contribution in [0.3, 0.4) is 0 Å². The fraction of sp³-hybridized carbons (Fsp3) is 0.750. The molecule has 3 atom stereocenters. The molecule has 2 fully saturated rings. The van der Waals surface area contributed by atoms with Crippen molar-refractivity contribution in [3.8, 4) is 0 Å². The molecule has 0 bridgehead atoms. The molecule has 134 valence electrons. The number of imide groups is 1. The molecule has 0 aromatic rings. The van der Waals surface area contributed by atoms with Crippen LogP contribution in [0.15, 0.2) is 0 Å². The molecule has 0 saturated carbocycles. The minimum absolute atomic E-state index is 0.0393. The van der Waals surface area contributed by atoms with Gasteiger partial charge in [0.05, 0.1) is 6.54 Å². The van der Waals surface area contributed by atoms with Gasteiger partial charge in [-0.3, -0.25) is 19.3 Å². The maximum absolute atomic E-state index is 12.2. The van der Waals surface area contributed by atoms with Crippen LogP contribution >= 0.6 is 0 Å². The van der Waals surface area contributed by atoms with Crippen molar-refractivity contribution in [1.82, 2.24) is 15.3 Å². The van der Waals surface area contributed by atoms with Crippen molar-refractivity contribution in [2.24, 2.45) is 0 Å². The highest BCUT2D eigenvalue weighted by molar-refractivity contribution is 6.01. The van der Waals surface area contributed by atoms with E-state index in [2.05, 4.69) is 24.1 Å². The van der Waals surface area contributed by atoms with E-state index in [9.17, 15) is 19.2 Å². The molecule has 2 heterocycles. The molecule has 3 unspecified atom stereocenters. The van der Waals surface area contributed by atoms with E-state index in [1.54, 1.807) is 0 Å². The summed E-state index contributed by atoms with van der Waals surface area (Å²) in [6, 6.07) is -0.294. The van der Waals surface area contributed by atoms with Crippen LogP contribution in [0.4, 0.5) is 0 Å². The lowest BCUT2D eigenvalue weighted by Gasteiger charge is -2.38. The fourth-order valence-corrected chi connectivity index (χ4v) is 3.13. The van der Waals surface area contributed by atoms with Crippen LogP contribution in [0, 0.1) is 0 Å². The minimum Gasteiger partial charge on any atom is -0.342 e. The van der Waals surface area contributed by atoms with E-state index < -0.39 is 23.8 Å². The van der Waals surface area contributed by atoms with Gasteiger partial charge in [-0.05, 0) is 33.6 Å². The van der Waals surface area contributed by atoms with Gasteiger partial charge in [-0.1, -0.05) is 6.42 Å². The molecule has 2 aliphatic heterocycles. The highest BCUT2D eigenvalue weighted by atomic mass is 16.8. The van der Waals surface area contributed by atoms with Crippen molar-refractivity contribution in [3.05, 3.63) is 0 Å². The molecule has 1 N–H and O–H groups in total. The third-order valence-electron chi connectivity index (χ3n) is 4.62. The van der Waals surface area contributed by atoms with Crippen molar-refractivity contribution in [3.63, 3.8) is 0 Å². The number of hydroxylamine groups is 2. The number of nitrogens with one attached hydrogen (secondary N) is 1. The second-order valence-electron chi connectivity index (χ2n) is 6.58. The summed E-state index contributed by atoms with van der Waals surface area (Å²) in [6.45, 7) is 5.85. The normalized spacial score (nSPS) is 26.4. The fourth-order valence-electron chi connectivity index (χ4n) is 3.13. The van der Waals surface area contributed by atoms with Crippen LogP contribution in [0.2, 0.25) is 0 Å². The van der Waals surface area contributed by atoms with Gasteiger partial charge in [0.25, 0.3) is 11.8 Å². The first-order chi connectivity index (χ1) is 11.3. The third-order valence-corrected chi connectivity index (χ3v) is 4.62. The smallest absolute Gasteiger partial charge is 0.342 e. The summed E-state index contributed by atoms with van der Waals surface area (Å²) in [6.07, 6.45) is 3.33. The molecule has 0 aromatic carbocycles. The molecule has 3 amide bonds. The number of carbonyl (C=O) groups excluding carboxylic acids is 4. The van der Waals surface area contributed by atoms with Gasteiger partial charge in [-0.2, -0.15) is 0 Å². The van der Waals surface area contributed by atoms with Crippen LogP contribution < -0.4 is 5.32 Å². The van der Waals surface area contributed by atoms with Crippen LogP contribution in [0.5, 0.6) is 0 Å². The average Bonchev–Trinajstić information content (AvgIpc) is 2.83. The maximum Gasteiger partial charge on any atom is 0.354 e. The van der Waals surface area contributed by atoms with Gasteiger partial charge in [0.15, 0.2) is 0 Å². The van der Waals surface area contributed by atoms with Gasteiger partial charge in [0, 0.05) is 24.9 Å². The van der Waals surface area contributed by atoms with Crippen LogP contribution in [-0.2, 0) is 24.0 Å². The highest BCUT2D eigenvalue weighted by Gasteiger charge is 2.34. The summed E-state index contributed by atoms with van der Waals surface area (Å²) >= 11 is 0. The minimum atomic E-state index is -0.936. The Balaban J connectivity index is 1.83. The molecule has 24 heavy (non-hydrogen) atoms. The summed E-state index contributed by atoms with van der Waals surface area (Å²) in [5.74, 6) is -2.18. The number of amides is 3. The summed E-state index contributed by atoms with van der Waals surface area (Å²) < 4.78 is 0. The second-order valence-corrected chi connectivity index (χ2v) is 6.58. The molecular formula is C16H25N3O5. The highest BCUT2D eigenvalue weighted by Crippen LogP contribution is 2.21. The molecule has 0 aliphatic carbocycles. The molecule has 0 radical (unpaired) electrons. The van der Waals surface area contributed by atoms with Crippen LogP contribution in [-0.4, -0.2) is 58.3 Å². The zero-order valence-electron chi connectivity index (χ0n) is 14.4. The van der Waals surface area contributed by atoms with E-state index in [1.807, 2.05) is 0 Å². The van der Waals surface area contributed by atoms with Crippen molar-refractivity contribution >= 4 is 23.7 Å². The zero-order valence-corrected chi connectivity index (χ0v) is 14.4. The Morgan fingerprint density at radius 1 is 1.17 bits per heavy atom. The number of hydrogen-bond donors (Lipinski definition) is 1. The summed E-state index contributed by atoms with van der Waals surface area (Å²) in [5, 5.41) is 3.05. The Morgan fingerprint density at radius 2 is 1.71 bits per heavy atom. The predicted molar refractivity (Wildman–Crippen MR) is 84.3 cm³/mol. The predicted octanol–water partition coefficient (Wildman–Crippen LogP) is 0.361. The number of nitrogens with zero attached hydrogens (tertiary/aromatic N) is 2. The zero-order chi connectivity index (χ0) is 17.9. The quantitative estimate of drug-likeness (QED) is 0.440. The van der Waals surface area contributed by atoms with Crippen molar-refractivity contribution in [1.29, 1.82) is 0 Å². The molecule has 0 spiro atoms. The van der Waals surface area contributed by atoms with E-state index in [-0.39, 0.29) is 25.3 Å². The van der Waals surface area contributed by atoms with Crippen molar-refractivity contribution in [2.45, 2.75) is 71.0 Å². The van der Waals surface area contributed by atoms with E-state index in [0.29, 0.717) is 17.1 Å². The number of rotatable bonds is 5. The van der Waals surface area contributed by atoms with Gasteiger partial charge in [-0.25, -0.2) is 4.79 Å². The first kappa shape index (κ1) is 18.4. The monoisotopic (exact) mass is 343 g/mol. The van der Waals surface area contributed by atoms with E-state index in [0.717, 1.165) is 19.3 Å². The Kier molecular flexibility index (Phi) is 5.93. The molecular weight excluding hydrogens is 318 g/mol. The van der Waals surface area contributed by atoms with Gasteiger partial charge >= 0.3 is 5.97 Å². The topological polar surface area (TPSA) is 96.0 Å². The second kappa shape index (κ2) is 7.74. The lowest BCUT2D eigenvalue weighted by Crippen LogP contribution is -2.51. The maximum atomic E-state index is 12.2. The molecule has 2 aliphatic rings. The van der Waals surface area contributed by atoms with Gasteiger partial charge in [0.1, 0.15) is 6.04 Å². The Morgan fingerprint density at radius 3 is 2.25 bits per heavy atom. The largest absolute Gasteiger partial charge is 0.354 e. The lowest BCUT2D eigenvalue weighted by molar-refractivity contribution is -0.198. The number of likely N-dealkylation sites (tertiary alicyclic amines) is 1. The van der Waals surface area contributed by atoms with Crippen LogP contribution in [0.1, 0.15) is 52.9 Å². The molecule has 8 nitrogen and oxygen atoms in total. The molecule has 2 saturated heterocycles. The van der Waals surface area contributed by atoms with Crippen LogP contribution in [0.25, 0.3) is 0 Å². The Bertz CT molecular complexity index is 510. The summed E-state index contributed by atoms with van der Waals surface area (Å²) in [7, 11) is 0. The molecule has 2 rings (SSSR count). The SMILES string of the molecule is CC1CCCC(C)[15N]1CC(=O)N[13CH]([13CH3])[13C](=O)ON1C(=O)CCC1=O. The van der Waals surface area contributed by atoms with E-state index >= 15 is 0 Å². The van der Waals surface area contributed by atoms with Crippen molar-refractivity contribution in [2.75, 3.05) is 6.54 Å². The standard InChI is InChI=1S/C16H25N3O5/c1-10-5-4-6-11(2)18(10)9-13(20)17-12(3)16(23)24-19-14(21)7-8-15(19)22/h10-12H,4-9H2,1-3H3,(H,17,20)/i3+1,12+1,16+1,18+1. The first-order valence-corrected chi connectivity index (χ1v) is 8.42. The molecule has 0 aromatic heterocycles. The van der Waals surface area contributed by atoms with E-state index in [4.69, 9.17) is 4.84 Å². The Labute approximate surface area is 141 Å². The van der Waals surface area contributed by atoms with Gasteiger partial charge in [-0.15, -0.1) is 5.06 Å². The summed E-state index contributed by atoms with van der Waals surface area (Å²) in [5.41, 5.74) is 0. The lowest BCUT2D eigenvalue weighted by atomic mass is 10.0. The number of hydrogen-bond acceptors (Lipinski definition) is 6. The molecule has 8 heteroatoms. The van der Waals surface area contributed by atoms with Crippen molar-refractivity contribution < 1.29 is 24.0 Å². The Hall–Kier alpha value is -1.96.